The fourth-order valence-corrected chi connectivity index (χ4v) is 2.83. The number of benzene rings is 1. The van der Waals surface area contributed by atoms with Crippen molar-refractivity contribution in [3.63, 3.8) is 0 Å². The largest absolute Gasteiger partial charge is 0.494 e. The highest BCUT2D eigenvalue weighted by Gasteiger charge is 2.31. The van der Waals surface area contributed by atoms with Gasteiger partial charge in [0.1, 0.15) is 5.75 Å². The summed E-state index contributed by atoms with van der Waals surface area (Å²) in [6.07, 6.45) is 4.11. The Balaban J connectivity index is 1.79. The molecule has 1 saturated carbocycles. The maximum Gasteiger partial charge on any atom is 0.119 e. The Morgan fingerprint density at radius 1 is 1.35 bits per heavy atom. The van der Waals surface area contributed by atoms with E-state index in [1.165, 1.54) is 5.56 Å². The van der Waals surface area contributed by atoms with Crippen molar-refractivity contribution in [3.8, 4) is 5.75 Å². The first kappa shape index (κ1) is 15.3. The minimum atomic E-state index is -0.510. The molecule has 0 aromatic heterocycles. The van der Waals surface area contributed by atoms with Crippen LogP contribution in [0.15, 0.2) is 24.3 Å². The Labute approximate surface area is 122 Å². The summed E-state index contributed by atoms with van der Waals surface area (Å²) in [6, 6.07) is 8.13. The third-order valence-electron chi connectivity index (χ3n) is 4.20. The van der Waals surface area contributed by atoms with Crippen LogP contribution in [-0.4, -0.2) is 23.9 Å². The van der Waals surface area contributed by atoms with Crippen LogP contribution in [0.3, 0.4) is 0 Å². The van der Waals surface area contributed by atoms with Gasteiger partial charge in [-0.25, -0.2) is 0 Å². The Morgan fingerprint density at radius 2 is 2.10 bits per heavy atom. The van der Waals surface area contributed by atoms with Crippen LogP contribution in [0.25, 0.3) is 0 Å². The highest BCUT2D eigenvalue weighted by Crippen LogP contribution is 2.31. The third-order valence-corrected chi connectivity index (χ3v) is 4.20. The molecule has 0 bridgehead atoms. The molecular weight excluding hydrogens is 250 g/mol. The van der Waals surface area contributed by atoms with Crippen molar-refractivity contribution < 1.29 is 9.84 Å². The molecule has 1 aliphatic rings. The minimum Gasteiger partial charge on any atom is -0.494 e. The van der Waals surface area contributed by atoms with Crippen molar-refractivity contribution in [2.45, 2.75) is 51.7 Å². The molecule has 0 unspecified atom stereocenters. The molecule has 2 rings (SSSR count). The average Bonchev–Trinajstić information content (AvgIpc) is 2.43. The van der Waals surface area contributed by atoms with Crippen molar-refractivity contribution in [3.05, 3.63) is 29.8 Å². The molecular formula is C17H27NO2. The summed E-state index contributed by atoms with van der Waals surface area (Å²) in [5, 5.41) is 13.9. The molecule has 0 atom stereocenters. The molecule has 0 spiro atoms. The maximum absolute atomic E-state index is 10.5. The number of aliphatic hydroxyl groups is 1. The van der Waals surface area contributed by atoms with Gasteiger partial charge in [-0.2, -0.15) is 0 Å². The Morgan fingerprint density at radius 3 is 2.80 bits per heavy atom. The molecule has 1 fully saturated rings. The predicted molar refractivity (Wildman–Crippen MR) is 81.9 cm³/mol. The summed E-state index contributed by atoms with van der Waals surface area (Å²) in [5.41, 5.74) is 0.688. The van der Waals surface area contributed by atoms with E-state index in [1.54, 1.807) is 0 Å². The van der Waals surface area contributed by atoms with Crippen LogP contribution in [0, 0.1) is 5.92 Å². The van der Waals surface area contributed by atoms with Crippen LogP contribution in [-0.2, 0) is 6.54 Å². The Kier molecular flexibility index (Phi) is 5.44. The lowest BCUT2D eigenvalue weighted by molar-refractivity contribution is -0.00630. The zero-order valence-electron chi connectivity index (χ0n) is 12.7. The molecule has 0 heterocycles. The quantitative estimate of drug-likeness (QED) is 0.839. The van der Waals surface area contributed by atoms with Gasteiger partial charge in [0.2, 0.25) is 0 Å². The van der Waals surface area contributed by atoms with Crippen molar-refractivity contribution in [1.82, 2.24) is 5.32 Å². The van der Waals surface area contributed by atoms with Gasteiger partial charge in [0, 0.05) is 13.1 Å². The zero-order valence-corrected chi connectivity index (χ0v) is 12.7. The Hall–Kier alpha value is -1.06. The van der Waals surface area contributed by atoms with Crippen molar-refractivity contribution in [2.75, 3.05) is 13.2 Å². The van der Waals surface area contributed by atoms with Crippen LogP contribution >= 0.6 is 0 Å². The molecule has 0 saturated heterocycles. The van der Waals surface area contributed by atoms with Gasteiger partial charge >= 0.3 is 0 Å². The predicted octanol–water partition coefficient (Wildman–Crippen LogP) is 3.12. The lowest BCUT2D eigenvalue weighted by atomic mass is 9.79. The summed E-state index contributed by atoms with van der Waals surface area (Å²) in [5.74, 6) is 1.68. The Bertz CT molecular complexity index is 411. The molecule has 112 valence electrons. The van der Waals surface area contributed by atoms with E-state index >= 15 is 0 Å². The lowest BCUT2D eigenvalue weighted by Crippen LogP contribution is -2.43. The SMILES string of the molecule is CCOc1cccc(CNCC2(O)CCC(C)CC2)c1. The van der Waals surface area contributed by atoms with Crippen molar-refractivity contribution >= 4 is 0 Å². The van der Waals surface area contributed by atoms with E-state index < -0.39 is 5.60 Å². The smallest absolute Gasteiger partial charge is 0.119 e. The topological polar surface area (TPSA) is 41.5 Å². The summed E-state index contributed by atoms with van der Waals surface area (Å²) >= 11 is 0. The van der Waals surface area contributed by atoms with Crippen LogP contribution in [0.4, 0.5) is 0 Å². The molecule has 1 aromatic carbocycles. The van der Waals surface area contributed by atoms with Gasteiger partial charge < -0.3 is 15.2 Å². The van der Waals surface area contributed by atoms with Crippen molar-refractivity contribution in [1.29, 1.82) is 0 Å². The van der Waals surface area contributed by atoms with Crippen LogP contribution < -0.4 is 10.1 Å². The summed E-state index contributed by atoms with van der Waals surface area (Å²) < 4.78 is 5.50. The average molecular weight is 277 g/mol. The standard InChI is InChI=1S/C17H27NO2/c1-3-20-16-6-4-5-15(11-16)12-18-13-17(19)9-7-14(2)8-10-17/h4-6,11,14,18-19H,3,7-10,12-13H2,1-2H3. The number of hydrogen-bond donors (Lipinski definition) is 2. The van der Waals surface area contributed by atoms with Gasteiger partial charge in [-0.05, 0) is 56.2 Å². The van der Waals surface area contributed by atoms with Gasteiger partial charge in [-0.15, -0.1) is 0 Å². The van der Waals surface area contributed by atoms with E-state index in [0.717, 1.165) is 43.9 Å². The van der Waals surface area contributed by atoms with Crippen LogP contribution in [0.5, 0.6) is 5.75 Å². The molecule has 0 amide bonds. The second kappa shape index (κ2) is 7.09. The highest BCUT2D eigenvalue weighted by atomic mass is 16.5. The van der Waals surface area contributed by atoms with E-state index in [2.05, 4.69) is 24.4 Å². The van der Waals surface area contributed by atoms with Crippen molar-refractivity contribution in [2.24, 2.45) is 5.92 Å². The van der Waals surface area contributed by atoms with Gasteiger partial charge in [-0.3, -0.25) is 0 Å². The van der Waals surface area contributed by atoms with Gasteiger partial charge in [0.15, 0.2) is 0 Å². The fraction of sp³-hybridized carbons (Fsp3) is 0.647. The monoisotopic (exact) mass is 277 g/mol. The van der Waals surface area contributed by atoms with Gasteiger partial charge in [0.05, 0.1) is 12.2 Å². The van der Waals surface area contributed by atoms with Crippen LogP contribution in [0.1, 0.15) is 45.1 Å². The first-order valence-corrected chi connectivity index (χ1v) is 7.76. The molecule has 1 aromatic rings. The molecule has 1 aliphatic carbocycles. The normalized spacial score (nSPS) is 26.4. The van der Waals surface area contributed by atoms with E-state index in [1.807, 2.05) is 19.1 Å². The first-order chi connectivity index (χ1) is 9.61. The molecule has 3 heteroatoms. The number of rotatable bonds is 6. The van der Waals surface area contributed by atoms with Crippen LogP contribution in [0.2, 0.25) is 0 Å². The summed E-state index contributed by atoms with van der Waals surface area (Å²) in [4.78, 5) is 0. The van der Waals surface area contributed by atoms with E-state index in [-0.39, 0.29) is 0 Å². The van der Waals surface area contributed by atoms with Gasteiger partial charge in [0.25, 0.3) is 0 Å². The van der Waals surface area contributed by atoms with E-state index in [4.69, 9.17) is 4.74 Å². The summed E-state index contributed by atoms with van der Waals surface area (Å²) in [7, 11) is 0. The second-order valence-electron chi connectivity index (χ2n) is 6.09. The third kappa shape index (κ3) is 4.50. The molecule has 20 heavy (non-hydrogen) atoms. The van der Waals surface area contributed by atoms with Gasteiger partial charge in [-0.1, -0.05) is 19.1 Å². The van der Waals surface area contributed by atoms with E-state index in [9.17, 15) is 5.11 Å². The number of nitrogens with one attached hydrogen (secondary N) is 1. The first-order valence-electron chi connectivity index (χ1n) is 7.76. The molecule has 0 radical (unpaired) electrons. The number of hydrogen-bond acceptors (Lipinski definition) is 3. The maximum atomic E-state index is 10.5. The summed E-state index contributed by atoms with van der Waals surface area (Å²) in [6.45, 7) is 6.41. The molecule has 2 N–H and O–H groups in total. The second-order valence-corrected chi connectivity index (χ2v) is 6.09. The zero-order chi connectivity index (χ0) is 14.4. The highest BCUT2D eigenvalue weighted by molar-refractivity contribution is 5.28. The number of ether oxygens (including phenoxy) is 1. The molecule has 3 nitrogen and oxygen atoms in total. The fourth-order valence-electron chi connectivity index (χ4n) is 2.83. The molecule has 0 aliphatic heterocycles. The van der Waals surface area contributed by atoms with E-state index in [0.29, 0.717) is 13.2 Å². The minimum absolute atomic E-state index is 0.510. The lowest BCUT2D eigenvalue weighted by Gasteiger charge is -2.35.